The fraction of sp³-hybridized carbons (Fsp3) is 0.818. The van der Waals surface area contributed by atoms with Gasteiger partial charge in [0, 0.05) is 0 Å². The molecule has 1 rings (SSSR count). The highest BCUT2D eigenvalue weighted by Crippen LogP contribution is 2.43. The highest BCUT2D eigenvalue weighted by Gasteiger charge is 2.35. The SMILES string of the molecule is C=CC1CC(CC(C)C)C1C. The summed E-state index contributed by atoms with van der Waals surface area (Å²) in [6, 6.07) is 0. The fourth-order valence-corrected chi connectivity index (χ4v) is 2.16. The Hall–Kier alpha value is -0.260. The summed E-state index contributed by atoms with van der Waals surface area (Å²) in [5.41, 5.74) is 0. The second-order valence-corrected chi connectivity index (χ2v) is 4.38. The van der Waals surface area contributed by atoms with Crippen molar-refractivity contribution in [3.05, 3.63) is 12.7 Å². The van der Waals surface area contributed by atoms with Crippen LogP contribution in [0.15, 0.2) is 12.7 Å². The first kappa shape index (κ1) is 8.83. The molecule has 0 nitrogen and oxygen atoms in total. The zero-order chi connectivity index (χ0) is 8.43. The molecular formula is C11H20. The molecule has 0 heterocycles. The summed E-state index contributed by atoms with van der Waals surface area (Å²) in [5, 5.41) is 0. The third-order valence-corrected chi connectivity index (χ3v) is 3.07. The molecule has 0 saturated heterocycles. The average Bonchev–Trinajstić information content (AvgIpc) is 1.96. The van der Waals surface area contributed by atoms with Crippen molar-refractivity contribution in [3.63, 3.8) is 0 Å². The van der Waals surface area contributed by atoms with E-state index in [1.807, 2.05) is 0 Å². The molecule has 11 heavy (non-hydrogen) atoms. The lowest BCUT2D eigenvalue weighted by atomic mass is 9.63. The molecule has 0 spiro atoms. The van der Waals surface area contributed by atoms with Crippen molar-refractivity contribution < 1.29 is 0 Å². The van der Waals surface area contributed by atoms with Gasteiger partial charge in [-0.25, -0.2) is 0 Å². The molecule has 0 aromatic rings. The molecule has 1 fully saturated rings. The molecule has 1 aliphatic carbocycles. The summed E-state index contributed by atoms with van der Waals surface area (Å²) in [7, 11) is 0. The number of rotatable bonds is 3. The molecular weight excluding hydrogens is 132 g/mol. The Morgan fingerprint density at radius 3 is 2.55 bits per heavy atom. The zero-order valence-electron chi connectivity index (χ0n) is 8.01. The second-order valence-electron chi connectivity index (χ2n) is 4.38. The van der Waals surface area contributed by atoms with Crippen LogP contribution < -0.4 is 0 Å². The zero-order valence-corrected chi connectivity index (χ0v) is 8.01. The van der Waals surface area contributed by atoms with Crippen molar-refractivity contribution in [3.8, 4) is 0 Å². The van der Waals surface area contributed by atoms with Gasteiger partial charge >= 0.3 is 0 Å². The van der Waals surface area contributed by atoms with Gasteiger partial charge in [-0.1, -0.05) is 26.8 Å². The van der Waals surface area contributed by atoms with Gasteiger partial charge in [0.2, 0.25) is 0 Å². The maximum Gasteiger partial charge on any atom is -0.0205 e. The lowest BCUT2D eigenvalue weighted by molar-refractivity contribution is 0.104. The van der Waals surface area contributed by atoms with Crippen LogP contribution in [0.3, 0.4) is 0 Å². The van der Waals surface area contributed by atoms with E-state index < -0.39 is 0 Å². The van der Waals surface area contributed by atoms with Gasteiger partial charge in [-0.15, -0.1) is 6.58 Å². The van der Waals surface area contributed by atoms with Gasteiger partial charge in [0.15, 0.2) is 0 Å². The smallest absolute Gasteiger partial charge is 0.0205 e. The first-order chi connectivity index (χ1) is 5.15. The minimum atomic E-state index is 0.818. The van der Waals surface area contributed by atoms with E-state index in [9.17, 15) is 0 Å². The van der Waals surface area contributed by atoms with Crippen LogP contribution in [-0.4, -0.2) is 0 Å². The van der Waals surface area contributed by atoms with Gasteiger partial charge in [0.1, 0.15) is 0 Å². The molecule has 64 valence electrons. The van der Waals surface area contributed by atoms with Crippen molar-refractivity contribution in [2.24, 2.45) is 23.7 Å². The lowest BCUT2D eigenvalue weighted by Crippen LogP contribution is -2.33. The molecule has 0 aromatic heterocycles. The largest absolute Gasteiger partial charge is 0.103 e. The summed E-state index contributed by atoms with van der Waals surface area (Å²) in [4.78, 5) is 0. The molecule has 1 aliphatic rings. The standard InChI is InChI=1S/C11H20/c1-5-10-7-11(9(10)4)6-8(2)3/h5,8-11H,1,6-7H2,2-4H3. The molecule has 0 heteroatoms. The topological polar surface area (TPSA) is 0 Å². The fourth-order valence-electron chi connectivity index (χ4n) is 2.16. The van der Waals surface area contributed by atoms with E-state index in [1.165, 1.54) is 12.8 Å². The Bertz CT molecular complexity index is 135. The Labute approximate surface area is 70.7 Å². The van der Waals surface area contributed by atoms with E-state index in [4.69, 9.17) is 0 Å². The van der Waals surface area contributed by atoms with Gasteiger partial charge in [-0.05, 0) is 36.5 Å². The molecule has 0 bridgehead atoms. The Morgan fingerprint density at radius 1 is 1.55 bits per heavy atom. The summed E-state index contributed by atoms with van der Waals surface area (Å²) in [6.45, 7) is 10.8. The monoisotopic (exact) mass is 152 g/mol. The predicted octanol–water partition coefficient (Wildman–Crippen LogP) is 3.49. The number of allylic oxidation sites excluding steroid dienone is 1. The molecule has 0 radical (unpaired) electrons. The highest BCUT2D eigenvalue weighted by molar-refractivity contribution is 4.95. The minimum Gasteiger partial charge on any atom is -0.103 e. The Morgan fingerprint density at radius 2 is 2.18 bits per heavy atom. The third kappa shape index (κ3) is 1.85. The van der Waals surface area contributed by atoms with E-state index in [-0.39, 0.29) is 0 Å². The van der Waals surface area contributed by atoms with Crippen LogP contribution in [0, 0.1) is 23.7 Å². The molecule has 0 N–H and O–H groups in total. The van der Waals surface area contributed by atoms with Crippen LogP contribution in [0.4, 0.5) is 0 Å². The molecule has 3 atom stereocenters. The lowest BCUT2D eigenvalue weighted by Gasteiger charge is -2.42. The van der Waals surface area contributed by atoms with E-state index in [0.717, 1.165) is 23.7 Å². The molecule has 1 saturated carbocycles. The first-order valence-electron chi connectivity index (χ1n) is 4.77. The van der Waals surface area contributed by atoms with Gasteiger partial charge in [0.25, 0.3) is 0 Å². The molecule has 0 amide bonds. The van der Waals surface area contributed by atoms with E-state index in [1.54, 1.807) is 0 Å². The quantitative estimate of drug-likeness (QED) is 0.543. The maximum absolute atomic E-state index is 3.85. The first-order valence-corrected chi connectivity index (χ1v) is 4.77. The molecule has 0 aromatic carbocycles. The van der Waals surface area contributed by atoms with Crippen molar-refractivity contribution in [2.45, 2.75) is 33.6 Å². The van der Waals surface area contributed by atoms with E-state index in [0.29, 0.717) is 0 Å². The summed E-state index contributed by atoms with van der Waals surface area (Å²) < 4.78 is 0. The second kappa shape index (κ2) is 3.42. The summed E-state index contributed by atoms with van der Waals surface area (Å²) in [5.74, 6) is 3.57. The number of hydrogen-bond donors (Lipinski definition) is 0. The van der Waals surface area contributed by atoms with Crippen LogP contribution in [0.2, 0.25) is 0 Å². The maximum atomic E-state index is 3.85. The van der Waals surface area contributed by atoms with Crippen LogP contribution >= 0.6 is 0 Å². The van der Waals surface area contributed by atoms with Crippen molar-refractivity contribution in [2.75, 3.05) is 0 Å². The summed E-state index contributed by atoms with van der Waals surface area (Å²) in [6.07, 6.45) is 4.93. The Balaban J connectivity index is 2.27. The van der Waals surface area contributed by atoms with Crippen molar-refractivity contribution in [1.29, 1.82) is 0 Å². The van der Waals surface area contributed by atoms with Gasteiger partial charge < -0.3 is 0 Å². The average molecular weight is 152 g/mol. The van der Waals surface area contributed by atoms with Crippen molar-refractivity contribution >= 4 is 0 Å². The Kier molecular flexibility index (Phi) is 2.75. The van der Waals surface area contributed by atoms with Gasteiger partial charge in [-0.2, -0.15) is 0 Å². The van der Waals surface area contributed by atoms with Crippen LogP contribution in [0.5, 0.6) is 0 Å². The van der Waals surface area contributed by atoms with Crippen LogP contribution in [-0.2, 0) is 0 Å². The normalized spacial score (nSPS) is 36.9. The van der Waals surface area contributed by atoms with Crippen molar-refractivity contribution in [1.82, 2.24) is 0 Å². The van der Waals surface area contributed by atoms with E-state index in [2.05, 4.69) is 33.4 Å². The molecule has 0 aliphatic heterocycles. The third-order valence-electron chi connectivity index (χ3n) is 3.07. The van der Waals surface area contributed by atoms with Gasteiger partial charge in [-0.3, -0.25) is 0 Å². The summed E-state index contributed by atoms with van der Waals surface area (Å²) >= 11 is 0. The van der Waals surface area contributed by atoms with E-state index >= 15 is 0 Å². The highest BCUT2D eigenvalue weighted by atomic mass is 14.4. The predicted molar refractivity (Wildman–Crippen MR) is 50.4 cm³/mol. The minimum absolute atomic E-state index is 0.818. The van der Waals surface area contributed by atoms with Crippen LogP contribution in [0.1, 0.15) is 33.6 Å². The molecule has 3 unspecified atom stereocenters. The van der Waals surface area contributed by atoms with Gasteiger partial charge in [0.05, 0.1) is 0 Å². The van der Waals surface area contributed by atoms with Crippen LogP contribution in [0.25, 0.3) is 0 Å². The number of hydrogen-bond acceptors (Lipinski definition) is 0.